The largest absolute Gasteiger partial charge is 0.462 e. The first-order valence-corrected chi connectivity index (χ1v) is 13.8. The third-order valence-electron chi connectivity index (χ3n) is 5.69. The fourth-order valence-corrected chi connectivity index (χ4v) is 5.69. The van der Waals surface area contributed by atoms with E-state index in [0.29, 0.717) is 5.39 Å². The number of nitrogen functional groups attached to an aromatic ring is 1. The van der Waals surface area contributed by atoms with E-state index >= 15 is 0 Å². The highest BCUT2D eigenvalue weighted by Crippen LogP contribution is 2.47. The van der Waals surface area contributed by atoms with E-state index in [1.54, 1.807) is 44.2 Å². The average molecular weight is 580 g/mol. The van der Waals surface area contributed by atoms with E-state index in [-0.39, 0.29) is 17.2 Å². The molecule has 1 fully saturated rings. The van der Waals surface area contributed by atoms with Crippen LogP contribution in [-0.2, 0) is 29.1 Å². The lowest BCUT2D eigenvalue weighted by atomic mass is 10.1. The van der Waals surface area contributed by atoms with Crippen molar-refractivity contribution in [3.05, 3.63) is 42.9 Å². The van der Waals surface area contributed by atoms with E-state index in [4.69, 9.17) is 35.9 Å². The highest BCUT2D eigenvalue weighted by atomic mass is 35.5. The standard InChI is InChI=1S/C23H27ClN7O7P/c1-13(2)36-22(33)14(3)30-39(34,38-15-7-5-4-6-8-15)35-10-17-18(32)19(24)23(11-25,37-17)31-21-16(9-29-31)20(26)27-12-28-21/h4-9,12-14,17-19,32H,10H2,1-3H3,(H,30,34)(H2,26,27,28)/t14-,17-,18-,19+,23-,39?/m1/s1. The second kappa shape index (κ2) is 11.4. The maximum Gasteiger partial charge on any atom is 0.459 e. The van der Waals surface area contributed by atoms with Crippen molar-refractivity contribution in [1.29, 1.82) is 5.26 Å². The number of aliphatic hydroxyl groups is 1. The molecule has 1 aliphatic rings. The Morgan fingerprint density at radius 1 is 1.36 bits per heavy atom. The van der Waals surface area contributed by atoms with Gasteiger partial charge in [-0.05, 0) is 32.9 Å². The Hall–Kier alpha value is -3.31. The minimum Gasteiger partial charge on any atom is -0.462 e. The molecule has 1 saturated heterocycles. The Labute approximate surface area is 228 Å². The first kappa shape index (κ1) is 28.7. The fourth-order valence-electron chi connectivity index (χ4n) is 3.83. The van der Waals surface area contributed by atoms with Crippen LogP contribution in [0.1, 0.15) is 20.8 Å². The number of nitrogens with zero attached hydrogens (tertiary/aromatic N) is 5. The molecule has 0 spiro atoms. The summed E-state index contributed by atoms with van der Waals surface area (Å²) in [7, 11) is -4.28. The third-order valence-corrected chi connectivity index (χ3v) is 7.89. The van der Waals surface area contributed by atoms with Gasteiger partial charge in [-0.1, -0.05) is 18.2 Å². The molecule has 1 aliphatic heterocycles. The maximum absolute atomic E-state index is 13.8. The zero-order valence-electron chi connectivity index (χ0n) is 21.2. The number of nitriles is 1. The Balaban J connectivity index is 1.58. The lowest BCUT2D eigenvalue weighted by molar-refractivity contribution is -0.149. The molecule has 0 aliphatic carbocycles. The van der Waals surface area contributed by atoms with Crippen molar-refractivity contribution in [2.45, 2.75) is 56.2 Å². The number of rotatable bonds is 10. The summed E-state index contributed by atoms with van der Waals surface area (Å²) in [4.78, 5) is 20.4. The van der Waals surface area contributed by atoms with Crippen molar-refractivity contribution in [2.75, 3.05) is 12.3 Å². The maximum atomic E-state index is 13.8. The molecule has 3 heterocycles. The van der Waals surface area contributed by atoms with Crippen molar-refractivity contribution >= 4 is 42.2 Å². The minimum absolute atomic E-state index is 0.124. The van der Waals surface area contributed by atoms with Gasteiger partial charge in [0.05, 0.1) is 24.3 Å². The summed E-state index contributed by atoms with van der Waals surface area (Å²) in [5, 5.41) is 26.7. The number of aromatic nitrogens is 4. The van der Waals surface area contributed by atoms with Crippen LogP contribution in [0.2, 0.25) is 0 Å². The summed E-state index contributed by atoms with van der Waals surface area (Å²) >= 11 is 6.50. The Bertz CT molecular complexity index is 1420. The number of anilines is 1. The van der Waals surface area contributed by atoms with E-state index in [1.165, 1.54) is 19.4 Å². The number of alkyl halides is 1. The van der Waals surface area contributed by atoms with E-state index < -0.39 is 55.8 Å². The number of nitrogens with one attached hydrogen (secondary N) is 1. The van der Waals surface area contributed by atoms with Crippen molar-refractivity contribution in [3.63, 3.8) is 0 Å². The quantitative estimate of drug-likeness (QED) is 0.179. The smallest absolute Gasteiger partial charge is 0.459 e. The highest BCUT2D eigenvalue weighted by molar-refractivity contribution is 7.52. The molecule has 3 aromatic rings. The molecule has 16 heteroatoms. The number of esters is 1. The van der Waals surface area contributed by atoms with Crippen LogP contribution in [0.25, 0.3) is 11.0 Å². The zero-order chi connectivity index (χ0) is 28.4. The van der Waals surface area contributed by atoms with E-state index in [1.807, 2.05) is 6.07 Å². The third kappa shape index (κ3) is 5.84. The summed E-state index contributed by atoms with van der Waals surface area (Å²) in [6, 6.07) is 9.00. The summed E-state index contributed by atoms with van der Waals surface area (Å²) < 4.78 is 37.1. The van der Waals surface area contributed by atoms with Gasteiger partial charge in [0.1, 0.15) is 47.6 Å². The van der Waals surface area contributed by atoms with Gasteiger partial charge in [0.15, 0.2) is 5.65 Å². The molecule has 4 N–H and O–H groups in total. The Morgan fingerprint density at radius 2 is 2.08 bits per heavy atom. The first-order chi connectivity index (χ1) is 18.5. The van der Waals surface area contributed by atoms with Gasteiger partial charge in [0, 0.05) is 0 Å². The lowest BCUT2D eigenvalue weighted by Crippen LogP contribution is -2.42. The molecular formula is C23H27ClN7O7P. The van der Waals surface area contributed by atoms with Crippen LogP contribution in [0.5, 0.6) is 5.75 Å². The topological polar surface area (TPSA) is 197 Å². The Morgan fingerprint density at radius 3 is 2.74 bits per heavy atom. The van der Waals surface area contributed by atoms with Crippen LogP contribution in [0.3, 0.4) is 0 Å². The van der Waals surface area contributed by atoms with Gasteiger partial charge in [-0.15, -0.1) is 11.6 Å². The van der Waals surface area contributed by atoms with Crippen LogP contribution in [0.4, 0.5) is 5.82 Å². The number of halogens is 1. The predicted molar refractivity (Wildman–Crippen MR) is 138 cm³/mol. The normalized spacial score (nSPS) is 25.2. The SMILES string of the molecule is CC(C)OC(=O)[C@@H](C)NP(=O)(OC[C@H]1O[C@@](C#N)(n2ncc3c(N)ncnc32)[C@@H](Cl)[C@@H]1O)Oc1ccccc1. The highest BCUT2D eigenvalue weighted by Gasteiger charge is 2.58. The monoisotopic (exact) mass is 579 g/mol. The van der Waals surface area contributed by atoms with Crippen molar-refractivity contribution in [3.8, 4) is 11.8 Å². The summed E-state index contributed by atoms with van der Waals surface area (Å²) in [6.07, 6.45) is -0.616. The number of ether oxygens (including phenoxy) is 2. The summed E-state index contributed by atoms with van der Waals surface area (Å²) in [6.45, 7) is 4.23. The lowest BCUT2D eigenvalue weighted by Gasteiger charge is -2.26. The molecule has 208 valence electrons. The van der Waals surface area contributed by atoms with Crippen molar-refractivity contribution in [1.82, 2.24) is 24.8 Å². The Kier molecular flexibility index (Phi) is 8.41. The number of hydrogen-bond donors (Lipinski definition) is 3. The first-order valence-electron chi connectivity index (χ1n) is 11.8. The van der Waals surface area contributed by atoms with Crippen molar-refractivity contribution < 1.29 is 33.0 Å². The van der Waals surface area contributed by atoms with E-state index in [9.17, 15) is 19.7 Å². The van der Waals surface area contributed by atoms with Crippen LogP contribution >= 0.6 is 19.3 Å². The molecule has 39 heavy (non-hydrogen) atoms. The molecule has 2 aromatic heterocycles. The number of aliphatic hydroxyl groups excluding tert-OH is 1. The molecule has 4 rings (SSSR count). The number of carbonyl (C=O) groups is 1. The molecular weight excluding hydrogens is 553 g/mol. The second-order valence-electron chi connectivity index (χ2n) is 8.94. The molecule has 0 bridgehead atoms. The van der Waals surface area contributed by atoms with Gasteiger partial charge < -0.3 is 24.8 Å². The van der Waals surface area contributed by atoms with Crippen LogP contribution in [-0.4, -0.2) is 67.2 Å². The van der Waals surface area contributed by atoms with Crippen LogP contribution in [0.15, 0.2) is 42.9 Å². The van der Waals surface area contributed by atoms with Crippen molar-refractivity contribution in [2.24, 2.45) is 0 Å². The molecule has 0 amide bonds. The zero-order valence-corrected chi connectivity index (χ0v) is 22.8. The second-order valence-corrected chi connectivity index (χ2v) is 11.1. The van der Waals surface area contributed by atoms with Gasteiger partial charge in [0.25, 0.3) is 5.72 Å². The van der Waals surface area contributed by atoms with Gasteiger partial charge in [-0.3, -0.25) is 9.32 Å². The number of benzene rings is 1. The molecule has 1 aromatic carbocycles. The van der Waals surface area contributed by atoms with Gasteiger partial charge in [0.2, 0.25) is 0 Å². The molecule has 6 atom stereocenters. The average Bonchev–Trinajstić information content (AvgIpc) is 3.44. The molecule has 14 nitrogen and oxygen atoms in total. The number of carbonyl (C=O) groups excluding carboxylic acids is 1. The molecule has 0 radical (unpaired) electrons. The number of fused-ring (bicyclic) bond motifs is 1. The van der Waals surface area contributed by atoms with Crippen LogP contribution in [0, 0.1) is 11.3 Å². The molecule has 1 unspecified atom stereocenters. The number of nitrogens with two attached hydrogens (primary N) is 1. The number of para-hydroxylation sites is 1. The van der Waals surface area contributed by atoms with Crippen LogP contribution < -0.4 is 15.3 Å². The fraction of sp³-hybridized carbons (Fsp3) is 0.435. The van der Waals surface area contributed by atoms with Gasteiger partial charge in [-0.2, -0.15) is 20.1 Å². The van der Waals surface area contributed by atoms with Gasteiger partial charge in [-0.25, -0.2) is 14.5 Å². The molecule has 0 saturated carbocycles. The van der Waals surface area contributed by atoms with E-state index in [0.717, 1.165) is 4.68 Å². The number of hydrogen-bond acceptors (Lipinski definition) is 12. The minimum atomic E-state index is -4.28. The van der Waals surface area contributed by atoms with Gasteiger partial charge >= 0.3 is 13.7 Å². The summed E-state index contributed by atoms with van der Waals surface area (Å²) in [5.74, 6) is -0.370. The summed E-state index contributed by atoms with van der Waals surface area (Å²) in [5.41, 5.74) is 4.00. The van der Waals surface area contributed by atoms with E-state index in [2.05, 4.69) is 20.2 Å². The predicted octanol–water partition coefficient (Wildman–Crippen LogP) is 2.09.